The molecule has 1 aliphatic rings. The summed E-state index contributed by atoms with van der Waals surface area (Å²) in [5.41, 5.74) is 11.0. The molecule has 4 aromatic carbocycles. The van der Waals surface area contributed by atoms with Gasteiger partial charge in [0.05, 0.1) is 13.2 Å². The van der Waals surface area contributed by atoms with Gasteiger partial charge in [0.15, 0.2) is 11.6 Å². The van der Waals surface area contributed by atoms with E-state index in [0.717, 1.165) is 10.0 Å². The zero-order valence-electron chi connectivity index (χ0n) is 24.3. The molecule has 1 heterocycles. The second-order valence-electron chi connectivity index (χ2n) is 10.5. The molecule has 2 N–H and O–H groups in total. The van der Waals surface area contributed by atoms with Crippen LogP contribution in [0.3, 0.4) is 0 Å². The number of ether oxygens (including phenoxy) is 2. The monoisotopic (exact) mass is 671 g/mol. The van der Waals surface area contributed by atoms with Crippen molar-refractivity contribution >= 4 is 27.7 Å². The van der Waals surface area contributed by atoms with Crippen molar-refractivity contribution in [3.63, 3.8) is 0 Å². The number of aliphatic hydroxyl groups excluding tert-OH is 1. The summed E-state index contributed by atoms with van der Waals surface area (Å²) >= 11 is 3.63. The van der Waals surface area contributed by atoms with E-state index in [1.165, 1.54) is 12.1 Å². The van der Waals surface area contributed by atoms with Gasteiger partial charge in [-0.2, -0.15) is 0 Å². The molecule has 11 heteroatoms. The number of carbonyl (C=O) groups excluding carboxylic acids is 1. The maximum absolute atomic E-state index is 14.5. The van der Waals surface area contributed by atoms with Gasteiger partial charge < -0.3 is 19.9 Å². The number of nitrogens with zero attached hydrogens (tertiary/aromatic N) is 4. The van der Waals surface area contributed by atoms with Gasteiger partial charge >= 0.3 is 0 Å². The summed E-state index contributed by atoms with van der Waals surface area (Å²) in [5.74, 6) is 0.0655. The van der Waals surface area contributed by atoms with Gasteiger partial charge in [0.2, 0.25) is 5.90 Å². The lowest BCUT2D eigenvalue weighted by Crippen LogP contribution is -2.50. The highest BCUT2D eigenvalue weighted by molar-refractivity contribution is 9.10. The fourth-order valence-corrected chi connectivity index (χ4v) is 5.64. The van der Waals surface area contributed by atoms with Crippen LogP contribution in [0.15, 0.2) is 112 Å². The van der Waals surface area contributed by atoms with E-state index in [-0.39, 0.29) is 32.0 Å². The van der Waals surface area contributed by atoms with Crippen LogP contribution in [0.5, 0.6) is 5.75 Å². The Balaban J connectivity index is 1.61. The Labute approximate surface area is 268 Å². The molecule has 0 bridgehead atoms. The van der Waals surface area contributed by atoms with Gasteiger partial charge in [-0.1, -0.05) is 75.6 Å². The minimum absolute atomic E-state index is 0.0339. The van der Waals surface area contributed by atoms with Gasteiger partial charge in [-0.3, -0.25) is 4.79 Å². The molecule has 9 nitrogen and oxygen atoms in total. The zero-order valence-corrected chi connectivity index (χ0v) is 25.9. The molecule has 1 aliphatic heterocycles. The lowest BCUT2D eigenvalue weighted by molar-refractivity contribution is -0.129. The number of benzene rings is 4. The third-order valence-corrected chi connectivity index (χ3v) is 8.21. The first-order valence-electron chi connectivity index (χ1n) is 14.4. The molecule has 0 spiro atoms. The highest BCUT2D eigenvalue weighted by Crippen LogP contribution is 2.44. The minimum Gasteiger partial charge on any atom is -0.494 e. The summed E-state index contributed by atoms with van der Waals surface area (Å²) in [5, 5.41) is 15.8. The van der Waals surface area contributed by atoms with Crippen molar-refractivity contribution in [2.24, 2.45) is 10.1 Å². The number of nitrogens with one attached hydrogen (secondary N) is 1. The smallest absolute Gasteiger partial charge is 0.252 e. The minimum atomic E-state index is -1.50. The van der Waals surface area contributed by atoms with E-state index in [2.05, 4.69) is 31.3 Å². The Kier molecular flexibility index (Phi) is 10.5. The number of amides is 1. The predicted octanol–water partition coefficient (Wildman–Crippen LogP) is 6.98. The molecular weight excluding hydrogens is 641 g/mol. The molecule has 1 amide bonds. The van der Waals surface area contributed by atoms with Crippen molar-refractivity contribution in [3.05, 3.63) is 146 Å². The molecular formula is C34H31BrFN5O4. The first kappa shape index (κ1) is 31.7. The summed E-state index contributed by atoms with van der Waals surface area (Å²) in [6.45, 7) is 0.536. The van der Waals surface area contributed by atoms with Gasteiger partial charge in [-0.25, -0.2) is 9.38 Å². The number of rotatable bonds is 13. The van der Waals surface area contributed by atoms with E-state index in [9.17, 15) is 9.18 Å². The normalized spacial score (nSPS) is 17.1. The highest BCUT2D eigenvalue weighted by Gasteiger charge is 2.54. The SMILES string of the molecule is [N-]=[N+]=NCc1ccccc1[C@H]1OC(c2ccc(OCCCO)cc2)=N[C@@]1(Cc1ccccc1Br)C(=O)NCc1cccc(F)c1. The molecule has 4 aromatic rings. The van der Waals surface area contributed by atoms with Gasteiger partial charge in [0, 0.05) is 40.9 Å². The average Bonchev–Trinajstić information content (AvgIpc) is 3.44. The number of aliphatic hydroxyl groups is 1. The van der Waals surface area contributed by atoms with Crippen LogP contribution in [0.1, 0.15) is 40.3 Å². The predicted molar refractivity (Wildman–Crippen MR) is 172 cm³/mol. The van der Waals surface area contributed by atoms with Crippen molar-refractivity contribution in [1.82, 2.24) is 5.32 Å². The lowest BCUT2D eigenvalue weighted by Gasteiger charge is -2.32. The quantitative estimate of drug-likeness (QED) is 0.0688. The molecule has 5 rings (SSSR count). The van der Waals surface area contributed by atoms with Crippen LogP contribution in [0, 0.1) is 5.82 Å². The zero-order chi connectivity index (χ0) is 31.6. The fourth-order valence-electron chi connectivity index (χ4n) is 5.22. The van der Waals surface area contributed by atoms with Crippen LogP contribution >= 0.6 is 15.9 Å². The number of hydrogen-bond donors (Lipinski definition) is 2. The van der Waals surface area contributed by atoms with Crippen molar-refractivity contribution in [2.45, 2.75) is 37.6 Å². The summed E-state index contributed by atoms with van der Waals surface area (Å²) in [6, 6.07) is 28.1. The molecule has 0 saturated carbocycles. The molecule has 0 unspecified atom stereocenters. The third-order valence-electron chi connectivity index (χ3n) is 7.43. The Morgan fingerprint density at radius 2 is 1.82 bits per heavy atom. The molecule has 230 valence electrons. The lowest BCUT2D eigenvalue weighted by atomic mass is 9.80. The second-order valence-corrected chi connectivity index (χ2v) is 11.3. The first-order chi connectivity index (χ1) is 21.9. The van der Waals surface area contributed by atoms with Crippen LogP contribution in [0.4, 0.5) is 4.39 Å². The van der Waals surface area contributed by atoms with Gasteiger partial charge in [0.25, 0.3) is 5.91 Å². The van der Waals surface area contributed by atoms with E-state index in [1.807, 2.05) is 48.5 Å². The Morgan fingerprint density at radius 3 is 2.56 bits per heavy atom. The van der Waals surface area contributed by atoms with Gasteiger partial charge in [0.1, 0.15) is 11.6 Å². The van der Waals surface area contributed by atoms with Crippen LogP contribution in [-0.4, -0.2) is 35.7 Å². The average molecular weight is 673 g/mol. The second kappa shape index (κ2) is 14.9. The van der Waals surface area contributed by atoms with Crippen molar-refractivity contribution in [2.75, 3.05) is 13.2 Å². The fraction of sp³-hybridized carbons (Fsp3) is 0.235. The van der Waals surface area contributed by atoms with Crippen molar-refractivity contribution in [1.29, 1.82) is 0 Å². The summed E-state index contributed by atoms with van der Waals surface area (Å²) in [4.78, 5) is 22.5. The Morgan fingerprint density at radius 1 is 1.07 bits per heavy atom. The number of aliphatic imine (C=N–C) groups is 1. The number of carbonyl (C=O) groups is 1. The summed E-state index contributed by atoms with van der Waals surface area (Å²) in [7, 11) is 0. The molecule has 0 fully saturated rings. The maximum atomic E-state index is 14.5. The van der Waals surface area contributed by atoms with Crippen LogP contribution in [-0.2, 0) is 29.0 Å². The van der Waals surface area contributed by atoms with Crippen molar-refractivity contribution in [3.8, 4) is 5.75 Å². The first-order valence-corrected chi connectivity index (χ1v) is 15.2. The molecule has 45 heavy (non-hydrogen) atoms. The number of hydrogen-bond acceptors (Lipinski definition) is 6. The maximum Gasteiger partial charge on any atom is 0.252 e. The summed E-state index contributed by atoms with van der Waals surface area (Å²) in [6.07, 6.45) is -0.232. The van der Waals surface area contributed by atoms with E-state index in [1.54, 1.807) is 36.4 Å². The van der Waals surface area contributed by atoms with E-state index in [0.29, 0.717) is 41.0 Å². The summed E-state index contributed by atoms with van der Waals surface area (Å²) < 4.78 is 27.1. The number of azide groups is 1. The van der Waals surface area contributed by atoms with E-state index in [4.69, 9.17) is 25.1 Å². The third kappa shape index (κ3) is 7.51. The van der Waals surface area contributed by atoms with Crippen LogP contribution in [0.2, 0.25) is 0 Å². The largest absolute Gasteiger partial charge is 0.494 e. The molecule has 0 radical (unpaired) electrons. The van der Waals surface area contributed by atoms with Crippen LogP contribution < -0.4 is 10.1 Å². The molecule has 0 aliphatic carbocycles. The molecule has 0 aromatic heterocycles. The standard InChI is InChI=1S/C34H31BrFN5O4/c35-30-12-4-2-8-25(30)20-34(33(43)38-21-23-7-5-10-27(36)19-23)31(29-11-3-1-9-26(29)22-39-41-37)45-32(40-34)24-13-15-28(16-14-24)44-18-6-17-42/h1-5,7-16,19,31,42H,6,17-18,20-22H2,(H,38,43)/t31-,34-/m1/s1. The van der Waals surface area contributed by atoms with E-state index < -0.39 is 23.4 Å². The van der Waals surface area contributed by atoms with E-state index >= 15 is 0 Å². The topological polar surface area (TPSA) is 129 Å². The van der Waals surface area contributed by atoms with Crippen LogP contribution in [0.25, 0.3) is 10.4 Å². The Hall–Kier alpha value is -4.70. The van der Waals surface area contributed by atoms with Crippen molar-refractivity contribution < 1.29 is 23.8 Å². The van der Waals surface area contributed by atoms with Gasteiger partial charge in [-0.15, -0.1) is 0 Å². The van der Waals surface area contributed by atoms with Gasteiger partial charge in [-0.05, 0) is 70.2 Å². The molecule has 2 atom stereocenters. The highest BCUT2D eigenvalue weighted by atomic mass is 79.9. The molecule has 0 saturated heterocycles. The number of halogens is 2. The Bertz CT molecular complexity index is 1730.